The van der Waals surface area contributed by atoms with Crippen molar-refractivity contribution in [3.8, 4) is 0 Å². The van der Waals surface area contributed by atoms with E-state index in [0.717, 1.165) is 61.1 Å². The highest BCUT2D eigenvalue weighted by atomic mass is 19.4. The minimum atomic E-state index is -4.48. The van der Waals surface area contributed by atoms with E-state index in [1.165, 1.54) is 12.1 Å². The molecule has 0 bridgehead atoms. The van der Waals surface area contributed by atoms with Crippen molar-refractivity contribution in [2.24, 2.45) is 4.99 Å². The molecule has 2 aliphatic heterocycles. The summed E-state index contributed by atoms with van der Waals surface area (Å²) < 4.78 is 41.5. The highest BCUT2D eigenvalue weighted by Gasteiger charge is 2.36. The first-order valence-electron chi connectivity index (χ1n) is 12.2. The van der Waals surface area contributed by atoms with E-state index in [9.17, 15) is 13.2 Å². The number of para-hydroxylation sites is 1. The quantitative estimate of drug-likeness (QED) is 0.445. The third-order valence-electron chi connectivity index (χ3n) is 6.26. The number of nitrogens with one attached hydrogen (secondary N) is 3. The summed E-state index contributed by atoms with van der Waals surface area (Å²) in [6, 6.07) is 13.4. The van der Waals surface area contributed by atoms with Gasteiger partial charge in [-0.3, -0.25) is 0 Å². The lowest BCUT2D eigenvalue weighted by Gasteiger charge is -2.30. The fraction of sp³-hybridized carbons (Fsp3) is 0.321. The van der Waals surface area contributed by atoms with Gasteiger partial charge in [0.25, 0.3) is 0 Å². The van der Waals surface area contributed by atoms with Gasteiger partial charge in [-0.2, -0.15) is 13.2 Å². The van der Waals surface area contributed by atoms with Crippen molar-refractivity contribution >= 4 is 17.2 Å². The number of anilines is 1. The van der Waals surface area contributed by atoms with E-state index in [2.05, 4.69) is 45.4 Å². The molecule has 0 amide bonds. The molecule has 2 heterocycles. The average Bonchev–Trinajstić information content (AvgIpc) is 2.87. The molecular formula is C28H32F3N5. The zero-order valence-electron chi connectivity index (χ0n) is 20.6. The molecular weight excluding hydrogens is 463 g/mol. The van der Waals surface area contributed by atoms with Crippen molar-refractivity contribution in [3.05, 3.63) is 95.2 Å². The Labute approximate surface area is 210 Å². The van der Waals surface area contributed by atoms with Gasteiger partial charge < -0.3 is 20.9 Å². The Morgan fingerprint density at radius 1 is 1.17 bits per heavy atom. The van der Waals surface area contributed by atoms with Gasteiger partial charge in [0.2, 0.25) is 0 Å². The summed E-state index contributed by atoms with van der Waals surface area (Å²) >= 11 is 0. The zero-order valence-corrected chi connectivity index (χ0v) is 20.6. The number of allylic oxidation sites excluding steroid dienone is 1. The smallest absolute Gasteiger partial charge is 0.385 e. The maximum Gasteiger partial charge on any atom is 0.416 e. The second-order valence-electron chi connectivity index (χ2n) is 9.02. The van der Waals surface area contributed by atoms with Crippen LogP contribution in [-0.4, -0.2) is 37.4 Å². The Bertz CT molecular complexity index is 1200. The summed E-state index contributed by atoms with van der Waals surface area (Å²) in [6.45, 7) is 8.77. The second kappa shape index (κ2) is 11.0. The van der Waals surface area contributed by atoms with Gasteiger partial charge in [-0.1, -0.05) is 56.0 Å². The van der Waals surface area contributed by atoms with E-state index in [0.29, 0.717) is 11.5 Å². The number of hydrogen-bond acceptors (Lipinski definition) is 5. The van der Waals surface area contributed by atoms with Gasteiger partial charge >= 0.3 is 6.18 Å². The third-order valence-corrected chi connectivity index (χ3v) is 6.26. The van der Waals surface area contributed by atoms with Gasteiger partial charge in [-0.15, -0.1) is 0 Å². The number of aliphatic imine (C=N–C) groups is 1. The minimum Gasteiger partial charge on any atom is -0.385 e. The number of nitrogens with zero attached hydrogens (tertiary/aromatic N) is 2. The van der Waals surface area contributed by atoms with Crippen molar-refractivity contribution in [1.82, 2.24) is 15.5 Å². The van der Waals surface area contributed by atoms with Crippen molar-refractivity contribution in [3.63, 3.8) is 0 Å². The molecule has 2 aliphatic rings. The first kappa shape index (κ1) is 25.6. The van der Waals surface area contributed by atoms with Crippen LogP contribution in [0.1, 0.15) is 42.6 Å². The number of rotatable bonds is 7. The molecule has 0 aliphatic carbocycles. The van der Waals surface area contributed by atoms with Gasteiger partial charge in [0.15, 0.2) is 0 Å². The van der Waals surface area contributed by atoms with Crippen LogP contribution in [0.3, 0.4) is 0 Å². The van der Waals surface area contributed by atoms with Crippen LogP contribution in [0.4, 0.5) is 18.9 Å². The lowest BCUT2D eigenvalue weighted by Crippen LogP contribution is -2.34. The summed E-state index contributed by atoms with van der Waals surface area (Å²) in [4.78, 5) is 6.84. The van der Waals surface area contributed by atoms with Gasteiger partial charge in [-0.25, -0.2) is 4.99 Å². The lowest BCUT2D eigenvalue weighted by molar-refractivity contribution is -0.138. The predicted molar refractivity (Wildman–Crippen MR) is 140 cm³/mol. The maximum absolute atomic E-state index is 13.8. The number of hydrogen-bond donors (Lipinski definition) is 3. The first-order chi connectivity index (χ1) is 17.3. The van der Waals surface area contributed by atoms with E-state index in [-0.39, 0.29) is 5.56 Å². The van der Waals surface area contributed by atoms with Crippen molar-refractivity contribution < 1.29 is 13.2 Å². The van der Waals surface area contributed by atoms with Gasteiger partial charge in [0.05, 0.1) is 5.56 Å². The summed E-state index contributed by atoms with van der Waals surface area (Å²) in [7, 11) is 2.04. The average molecular weight is 496 g/mol. The summed E-state index contributed by atoms with van der Waals surface area (Å²) in [5, 5.41) is 9.92. The largest absolute Gasteiger partial charge is 0.416 e. The molecule has 190 valence electrons. The van der Waals surface area contributed by atoms with Gasteiger partial charge in [0.1, 0.15) is 12.0 Å². The molecule has 0 aromatic heterocycles. The van der Waals surface area contributed by atoms with E-state index in [1.807, 2.05) is 37.4 Å². The molecule has 0 spiro atoms. The Morgan fingerprint density at radius 3 is 2.64 bits per heavy atom. The third kappa shape index (κ3) is 5.99. The van der Waals surface area contributed by atoms with E-state index in [4.69, 9.17) is 0 Å². The monoisotopic (exact) mass is 495 g/mol. The zero-order chi connectivity index (χ0) is 25.7. The Kier molecular flexibility index (Phi) is 7.84. The molecule has 5 nitrogen and oxygen atoms in total. The van der Waals surface area contributed by atoms with Crippen LogP contribution < -0.4 is 16.0 Å². The van der Waals surface area contributed by atoms with Crippen LogP contribution in [0.5, 0.6) is 0 Å². The van der Waals surface area contributed by atoms with Crippen LogP contribution in [0.25, 0.3) is 5.70 Å². The van der Waals surface area contributed by atoms with Gasteiger partial charge in [0, 0.05) is 53.9 Å². The number of alkyl halides is 3. The van der Waals surface area contributed by atoms with Crippen LogP contribution in [0.2, 0.25) is 0 Å². The SMILES string of the molecule is C=C(NC1=NC(c2ccccc2C(F)(F)F)NC(C2=CCN(C)CC2)=C1)c1ccccc1NCCC. The highest BCUT2D eigenvalue weighted by Crippen LogP contribution is 2.36. The fourth-order valence-corrected chi connectivity index (χ4v) is 4.33. The first-order valence-corrected chi connectivity index (χ1v) is 12.2. The van der Waals surface area contributed by atoms with Gasteiger partial charge in [-0.05, 0) is 37.6 Å². The summed E-state index contributed by atoms with van der Waals surface area (Å²) in [6.07, 6.45) is 0.355. The molecule has 2 aromatic rings. The topological polar surface area (TPSA) is 51.7 Å². The molecule has 1 atom stereocenters. The molecule has 36 heavy (non-hydrogen) atoms. The van der Waals surface area contributed by atoms with E-state index < -0.39 is 17.9 Å². The Hall–Kier alpha value is -3.52. The molecule has 0 saturated heterocycles. The minimum absolute atomic E-state index is 0.0825. The normalized spacial score (nSPS) is 18.5. The number of benzene rings is 2. The molecule has 2 aromatic carbocycles. The molecule has 0 fully saturated rings. The van der Waals surface area contributed by atoms with E-state index in [1.54, 1.807) is 6.07 Å². The van der Waals surface area contributed by atoms with Crippen LogP contribution >= 0.6 is 0 Å². The standard InChI is InChI=1S/C28H32F3N5/c1-4-15-32-24-12-8-6-9-21(24)19(2)33-26-18-25(20-13-16-36(3)17-14-20)34-27(35-26)22-10-5-7-11-23(22)28(29,30)31/h5-13,18,27,32,34H,2,4,14-17H2,1,3H3,(H,33,35). The van der Waals surface area contributed by atoms with Crippen LogP contribution in [0.15, 0.2) is 83.5 Å². The predicted octanol–water partition coefficient (Wildman–Crippen LogP) is 5.93. The molecule has 3 N–H and O–H groups in total. The summed E-state index contributed by atoms with van der Waals surface area (Å²) in [5.74, 6) is 0.459. The van der Waals surface area contributed by atoms with Crippen molar-refractivity contribution in [2.75, 3.05) is 32.0 Å². The number of likely N-dealkylation sites (N-methyl/N-ethyl adjacent to an activating group) is 1. The molecule has 8 heteroatoms. The van der Waals surface area contributed by atoms with Crippen molar-refractivity contribution in [2.45, 2.75) is 32.1 Å². The summed E-state index contributed by atoms with van der Waals surface area (Å²) in [5.41, 5.74) is 3.66. The molecule has 4 rings (SSSR count). The van der Waals surface area contributed by atoms with E-state index >= 15 is 0 Å². The van der Waals surface area contributed by atoms with Crippen molar-refractivity contribution in [1.29, 1.82) is 0 Å². The molecule has 0 radical (unpaired) electrons. The molecule has 1 unspecified atom stereocenters. The van der Waals surface area contributed by atoms with Crippen LogP contribution in [0, 0.1) is 0 Å². The second-order valence-corrected chi connectivity index (χ2v) is 9.02. The lowest BCUT2D eigenvalue weighted by atomic mass is 10.00. The van der Waals surface area contributed by atoms with Crippen LogP contribution in [-0.2, 0) is 6.18 Å². The number of halogens is 3. The molecule has 0 saturated carbocycles. The Balaban J connectivity index is 1.69. The maximum atomic E-state index is 13.8. The Morgan fingerprint density at radius 2 is 1.92 bits per heavy atom. The fourth-order valence-electron chi connectivity index (χ4n) is 4.33. The number of amidine groups is 1. The highest BCUT2D eigenvalue weighted by molar-refractivity contribution is 6.01.